The highest BCUT2D eigenvalue weighted by Crippen LogP contribution is 2.15. The third kappa shape index (κ3) is 10.6. The number of nitrogens with zero attached hydrogens (tertiary/aromatic N) is 2. The quantitative estimate of drug-likeness (QED) is 0.445. The van der Waals surface area contributed by atoms with Crippen LogP contribution < -0.4 is 5.73 Å². The van der Waals surface area contributed by atoms with Gasteiger partial charge in [0.2, 0.25) is 0 Å². The predicted octanol–water partition coefficient (Wildman–Crippen LogP) is 4.72. The summed E-state index contributed by atoms with van der Waals surface area (Å²) in [6.45, 7) is 11.1. The Labute approximate surface area is 162 Å². The summed E-state index contributed by atoms with van der Waals surface area (Å²) in [4.78, 5) is 8.56. The van der Waals surface area contributed by atoms with E-state index in [2.05, 4.69) is 23.5 Å². The van der Waals surface area contributed by atoms with E-state index in [1.165, 1.54) is 6.08 Å². The van der Waals surface area contributed by atoms with E-state index in [1.807, 2.05) is 32.1 Å². The largest absolute Gasteiger partial charge is 0.373 e. The van der Waals surface area contributed by atoms with Gasteiger partial charge in [0.15, 0.2) is 0 Å². The van der Waals surface area contributed by atoms with Gasteiger partial charge in [0.1, 0.15) is 0 Å². The molecule has 0 bridgehead atoms. The van der Waals surface area contributed by atoms with Gasteiger partial charge >= 0.3 is 0 Å². The van der Waals surface area contributed by atoms with Crippen molar-refractivity contribution < 1.29 is 9.13 Å². The second-order valence-corrected chi connectivity index (χ2v) is 6.71. The second-order valence-electron chi connectivity index (χ2n) is 6.71. The van der Waals surface area contributed by atoms with Crippen LogP contribution in [-0.4, -0.2) is 37.7 Å². The Hall–Kier alpha value is -2.11. The number of halogens is 1. The molecule has 4 nitrogen and oxygen atoms in total. The van der Waals surface area contributed by atoms with Crippen molar-refractivity contribution in [2.45, 2.75) is 39.7 Å². The molecule has 1 heterocycles. The average Bonchev–Trinajstić information content (AvgIpc) is 2.61. The molecule has 148 valence electrons. The molecule has 0 saturated carbocycles. The third-order valence-corrected chi connectivity index (χ3v) is 4.02. The lowest BCUT2D eigenvalue weighted by atomic mass is 10.0. The summed E-state index contributed by atoms with van der Waals surface area (Å²) in [5.74, 6) is -0.274. The summed E-state index contributed by atoms with van der Waals surface area (Å²) in [6, 6.07) is -0.117. The number of allylic oxidation sites excluding steroid dienone is 5. The molecule has 2 N–H and O–H groups in total. The van der Waals surface area contributed by atoms with Gasteiger partial charge in [0.05, 0.1) is 31.3 Å². The van der Waals surface area contributed by atoms with Gasteiger partial charge in [0.25, 0.3) is 0 Å². The molecule has 0 amide bonds. The SMILES string of the molecule is C=C(/C=C\C=C(/C)COC/C=C(\F)C[C@H](C)C1=N/C=C\[C@H](N)CN=C1)CC. The lowest BCUT2D eigenvalue weighted by Crippen LogP contribution is -2.23. The summed E-state index contributed by atoms with van der Waals surface area (Å²) in [6.07, 6.45) is 13.8. The van der Waals surface area contributed by atoms with Gasteiger partial charge in [-0.15, -0.1) is 0 Å². The molecule has 0 aromatic carbocycles. The Morgan fingerprint density at radius 3 is 3.04 bits per heavy atom. The van der Waals surface area contributed by atoms with Crippen LogP contribution in [0, 0.1) is 5.92 Å². The van der Waals surface area contributed by atoms with E-state index in [9.17, 15) is 4.39 Å². The van der Waals surface area contributed by atoms with Crippen LogP contribution in [-0.2, 0) is 4.74 Å². The van der Waals surface area contributed by atoms with E-state index in [-0.39, 0.29) is 30.8 Å². The topological polar surface area (TPSA) is 60.0 Å². The van der Waals surface area contributed by atoms with Gasteiger partial charge in [0, 0.05) is 30.8 Å². The van der Waals surface area contributed by atoms with Gasteiger partial charge in [-0.25, -0.2) is 4.39 Å². The van der Waals surface area contributed by atoms with Crippen LogP contribution in [0.25, 0.3) is 0 Å². The number of hydrogen-bond acceptors (Lipinski definition) is 4. The van der Waals surface area contributed by atoms with Crippen LogP contribution in [0.1, 0.15) is 33.6 Å². The van der Waals surface area contributed by atoms with Gasteiger partial charge in [-0.1, -0.05) is 44.2 Å². The molecule has 0 unspecified atom stereocenters. The molecule has 0 spiro atoms. The van der Waals surface area contributed by atoms with Crippen LogP contribution >= 0.6 is 0 Å². The number of ether oxygens (including phenoxy) is 1. The average molecular weight is 374 g/mol. The molecule has 0 aliphatic carbocycles. The molecule has 27 heavy (non-hydrogen) atoms. The van der Waals surface area contributed by atoms with Crippen molar-refractivity contribution in [1.29, 1.82) is 0 Å². The zero-order valence-corrected chi connectivity index (χ0v) is 16.7. The minimum Gasteiger partial charge on any atom is -0.373 e. The minimum atomic E-state index is -0.206. The molecule has 1 aliphatic rings. The predicted molar refractivity (Wildman–Crippen MR) is 114 cm³/mol. The lowest BCUT2D eigenvalue weighted by Gasteiger charge is -2.12. The molecule has 1 aliphatic heterocycles. The summed E-state index contributed by atoms with van der Waals surface area (Å²) in [7, 11) is 0. The molecule has 5 heteroatoms. The highest BCUT2D eigenvalue weighted by molar-refractivity contribution is 6.31. The molecule has 0 fully saturated rings. The number of aliphatic imine (C=N–C) groups is 2. The van der Waals surface area contributed by atoms with Crippen molar-refractivity contribution in [1.82, 2.24) is 0 Å². The van der Waals surface area contributed by atoms with Crippen molar-refractivity contribution in [3.05, 3.63) is 60.1 Å². The Balaban J connectivity index is 2.41. The maximum Gasteiger partial charge on any atom is 0.0989 e. The monoisotopic (exact) mass is 373 g/mol. The van der Waals surface area contributed by atoms with Crippen molar-refractivity contribution in [3.63, 3.8) is 0 Å². The number of hydrogen-bond donors (Lipinski definition) is 1. The molecule has 2 atom stereocenters. The fraction of sp³-hybridized carbons (Fsp3) is 0.455. The Bertz CT molecular complexity index is 656. The first-order valence-electron chi connectivity index (χ1n) is 9.36. The van der Waals surface area contributed by atoms with E-state index in [0.717, 1.165) is 23.3 Å². The van der Waals surface area contributed by atoms with Crippen LogP contribution in [0.3, 0.4) is 0 Å². The maximum atomic E-state index is 14.1. The highest BCUT2D eigenvalue weighted by Gasteiger charge is 2.12. The first kappa shape index (κ1) is 22.9. The van der Waals surface area contributed by atoms with E-state index < -0.39 is 0 Å². The molecule has 0 saturated heterocycles. The highest BCUT2D eigenvalue weighted by atomic mass is 19.1. The molecule has 0 aromatic rings. The molecular formula is C22H32FN3O. The fourth-order valence-corrected chi connectivity index (χ4v) is 2.22. The minimum absolute atomic E-state index is 0.0672. The zero-order valence-electron chi connectivity index (χ0n) is 16.7. The van der Waals surface area contributed by atoms with E-state index in [0.29, 0.717) is 13.2 Å². The van der Waals surface area contributed by atoms with Crippen molar-refractivity contribution >= 4 is 11.9 Å². The molecule has 0 aromatic heterocycles. The van der Waals surface area contributed by atoms with Crippen LogP contribution in [0.15, 0.2) is 70.1 Å². The summed E-state index contributed by atoms with van der Waals surface area (Å²) < 4.78 is 19.6. The fourth-order valence-electron chi connectivity index (χ4n) is 2.22. The van der Waals surface area contributed by atoms with Crippen molar-refractivity contribution in [2.24, 2.45) is 21.6 Å². The number of rotatable bonds is 10. The lowest BCUT2D eigenvalue weighted by molar-refractivity contribution is 0.185. The van der Waals surface area contributed by atoms with Crippen molar-refractivity contribution in [2.75, 3.05) is 19.8 Å². The zero-order chi connectivity index (χ0) is 20.1. The van der Waals surface area contributed by atoms with Crippen LogP contribution in [0.4, 0.5) is 4.39 Å². The maximum absolute atomic E-state index is 14.1. The Morgan fingerprint density at radius 1 is 1.52 bits per heavy atom. The Kier molecular flexibility index (Phi) is 11.1. The molecule has 0 radical (unpaired) electrons. The van der Waals surface area contributed by atoms with Gasteiger partial charge in [-0.05, 0) is 31.1 Å². The smallest absolute Gasteiger partial charge is 0.0989 e. The normalized spacial score (nSPS) is 20.9. The van der Waals surface area contributed by atoms with E-state index in [1.54, 1.807) is 18.5 Å². The van der Waals surface area contributed by atoms with Crippen LogP contribution in [0.5, 0.6) is 0 Å². The molecule has 1 rings (SSSR count). The summed E-state index contributed by atoms with van der Waals surface area (Å²) in [5.41, 5.74) is 8.68. The number of nitrogens with two attached hydrogens (primary N) is 1. The Morgan fingerprint density at radius 2 is 2.30 bits per heavy atom. The van der Waals surface area contributed by atoms with Gasteiger partial charge in [-0.3, -0.25) is 9.98 Å². The van der Waals surface area contributed by atoms with E-state index in [4.69, 9.17) is 10.5 Å². The van der Waals surface area contributed by atoms with Crippen molar-refractivity contribution in [3.8, 4) is 0 Å². The second kappa shape index (κ2) is 13.1. The van der Waals surface area contributed by atoms with Crippen LogP contribution in [0.2, 0.25) is 0 Å². The van der Waals surface area contributed by atoms with E-state index >= 15 is 0 Å². The first-order chi connectivity index (χ1) is 12.9. The first-order valence-corrected chi connectivity index (χ1v) is 9.36. The summed E-state index contributed by atoms with van der Waals surface area (Å²) in [5, 5.41) is 0. The standard InChI is InChI=1S/C22H32FN3O/c1-5-17(2)7-6-8-18(3)16-27-12-10-20(23)13-19(4)22-15-25-14-21(24)9-11-26-22/h6-11,15,19,21H,2,5,12-14,16,24H2,1,3-4H3/b7-6-,11-9-,18-8+,20-10-,25-15?,26-22?/t19-,21-/m0/s1. The van der Waals surface area contributed by atoms with Gasteiger partial charge in [-0.2, -0.15) is 0 Å². The summed E-state index contributed by atoms with van der Waals surface area (Å²) >= 11 is 0. The third-order valence-electron chi connectivity index (χ3n) is 4.02. The molecular weight excluding hydrogens is 341 g/mol. The van der Waals surface area contributed by atoms with Gasteiger partial charge < -0.3 is 10.5 Å².